The van der Waals surface area contributed by atoms with Gasteiger partial charge in [-0.3, -0.25) is 4.79 Å². The Balaban J connectivity index is 2.26. The van der Waals surface area contributed by atoms with E-state index in [0.717, 1.165) is 12.3 Å². The maximum absolute atomic E-state index is 12.4. The van der Waals surface area contributed by atoms with Crippen LogP contribution >= 0.6 is 11.3 Å². The third kappa shape index (κ3) is 3.75. The molecule has 0 spiro atoms. The van der Waals surface area contributed by atoms with E-state index in [4.69, 9.17) is 0 Å². The second-order valence-corrected chi connectivity index (χ2v) is 4.79. The number of nitrogens with zero attached hydrogens (tertiary/aromatic N) is 1. The van der Waals surface area contributed by atoms with Gasteiger partial charge >= 0.3 is 12.8 Å². The van der Waals surface area contributed by atoms with Gasteiger partial charge in [0.2, 0.25) is 5.78 Å². The van der Waals surface area contributed by atoms with Crippen LogP contribution in [0.1, 0.15) is 20.2 Å². The van der Waals surface area contributed by atoms with Crippen LogP contribution in [0, 0.1) is 0 Å². The van der Waals surface area contributed by atoms with Gasteiger partial charge in [-0.15, -0.1) is 11.3 Å². The van der Waals surface area contributed by atoms with Crippen LogP contribution in [0.4, 0.5) is 22.0 Å². The molecule has 112 valence electrons. The number of halogens is 5. The molecule has 1 heterocycles. The molecular weight excluding hydrogens is 317 g/mol. The largest absolute Gasteiger partial charge is 0.443 e. The van der Waals surface area contributed by atoms with Crippen LogP contribution in [0.3, 0.4) is 0 Å². The monoisotopic (exact) mass is 323 g/mol. The van der Waals surface area contributed by atoms with Crippen molar-refractivity contribution in [3.63, 3.8) is 0 Å². The van der Waals surface area contributed by atoms with E-state index in [1.54, 1.807) is 0 Å². The van der Waals surface area contributed by atoms with Crippen molar-refractivity contribution in [2.24, 2.45) is 0 Å². The zero-order valence-corrected chi connectivity index (χ0v) is 10.8. The van der Waals surface area contributed by atoms with Crippen LogP contribution in [-0.2, 0) is 6.18 Å². The van der Waals surface area contributed by atoms with E-state index in [-0.39, 0.29) is 27.5 Å². The van der Waals surface area contributed by atoms with Crippen molar-refractivity contribution in [3.8, 4) is 5.75 Å². The highest BCUT2D eigenvalue weighted by molar-refractivity contribution is 7.13. The lowest BCUT2D eigenvalue weighted by molar-refractivity contribution is -0.137. The molecule has 2 rings (SSSR count). The number of alkyl halides is 5. The van der Waals surface area contributed by atoms with E-state index in [1.807, 2.05) is 0 Å². The van der Waals surface area contributed by atoms with Gasteiger partial charge in [-0.05, 0) is 12.1 Å². The molecule has 0 radical (unpaired) electrons. The van der Waals surface area contributed by atoms with Gasteiger partial charge in [0.15, 0.2) is 5.01 Å². The lowest BCUT2D eigenvalue weighted by atomic mass is 10.1. The van der Waals surface area contributed by atoms with Gasteiger partial charge in [0, 0.05) is 11.8 Å². The number of rotatable bonds is 4. The molecule has 0 fully saturated rings. The molecule has 0 atom stereocenters. The average molecular weight is 323 g/mol. The average Bonchev–Trinajstić information content (AvgIpc) is 2.86. The number of benzene rings is 1. The first-order valence-electron chi connectivity index (χ1n) is 5.40. The fraction of sp³-hybridized carbons (Fsp3) is 0.167. The molecule has 0 aliphatic carbocycles. The highest BCUT2D eigenvalue weighted by Crippen LogP contribution is 2.33. The maximum Gasteiger partial charge on any atom is 0.443 e. The van der Waals surface area contributed by atoms with Crippen molar-refractivity contribution in [3.05, 3.63) is 45.9 Å². The van der Waals surface area contributed by atoms with Gasteiger partial charge in [0.1, 0.15) is 5.75 Å². The van der Waals surface area contributed by atoms with Gasteiger partial charge in [-0.1, -0.05) is 12.1 Å². The maximum atomic E-state index is 12.4. The Bertz CT molecular complexity index is 653. The number of carbonyl (C=O) groups is 1. The molecule has 0 bridgehead atoms. The Morgan fingerprint density at radius 2 is 2.00 bits per heavy atom. The summed E-state index contributed by atoms with van der Waals surface area (Å²) in [6.07, 6.45) is -3.83. The Kier molecular flexibility index (Phi) is 4.21. The predicted octanol–water partition coefficient (Wildman–Crippen LogP) is 3.99. The van der Waals surface area contributed by atoms with Crippen LogP contribution < -0.4 is 4.74 Å². The van der Waals surface area contributed by atoms with Gasteiger partial charge in [-0.2, -0.15) is 22.0 Å². The molecular formula is C12H6F5NO2S. The lowest BCUT2D eigenvalue weighted by Crippen LogP contribution is -2.04. The number of aromatic nitrogens is 1. The number of ether oxygens (including phenoxy) is 1. The Labute approximate surface area is 119 Å². The van der Waals surface area contributed by atoms with E-state index in [0.29, 0.717) is 0 Å². The highest BCUT2D eigenvalue weighted by Gasteiger charge is 2.35. The van der Waals surface area contributed by atoms with E-state index < -0.39 is 23.6 Å². The molecule has 2 aromatic rings. The fourth-order valence-electron chi connectivity index (χ4n) is 1.47. The molecule has 21 heavy (non-hydrogen) atoms. The molecule has 0 N–H and O–H groups in total. The standard InChI is InChI=1S/C12H6F5NO2S/c13-11(14)20-7-3-1-2-6(4-7)9(19)8-5-18-10(21-8)12(15,16)17/h1-5,11H. The Morgan fingerprint density at radius 1 is 1.29 bits per heavy atom. The number of ketones is 1. The number of carbonyl (C=O) groups excluding carboxylic acids is 1. The second kappa shape index (κ2) is 5.76. The third-order valence-electron chi connectivity index (χ3n) is 2.29. The van der Waals surface area contributed by atoms with E-state index in [1.165, 1.54) is 18.2 Å². The van der Waals surface area contributed by atoms with Gasteiger partial charge in [-0.25, -0.2) is 4.98 Å². The molecule has 3 nitrogen and oxygen atoms in total. The first-order valence-corrected chi connectivity index (χ1v) is 6.21. The molecule has 0 aliphatic heterocycles. The quantitative estimate of drug-likeness (QED) is 0.631. The summed E-state index contributed by atoms with van der Waals surface area (Å²) in [4.78, 5) is 14.9. The minimum Gasteiger partial charge on any atom is -0.435 e. The van der Waals surface area contributed by atoms with Crippen LogP contribution in [0.5, 0.6) is 5.75 Å². The van der Waals surface area contributed by atoms with E-state index >= 15 is 0 Å². The summed E-state index contributed by atoms with van der Waals surface area (Å²) in [5, 5.41) is -1.15. The lowest BCUT2D eigenvalue weighted by Gasteiger charge is -2.05. The summed E-state index contributed by atoms with van der Waals surface area (Å²) in [6, 6.07) is 4.81. The first-order chi connectivity index (χ1) is 9.77. The smallest absolute Gasteiger partial charge is 0.435 e. The molecule has 0 saturated carbocycles. The second-order valence-electron chi connectivity index (χ2n) is 3.76. The normalized spacial score (nSPS) is 11.7. The van der Waals surface area contributed by atoms with Crippen molar-refractivity contribution >= 4 is 17.1 Å². The third-order valence-corrected chi connectivity index (χ3v) is 3.33. The van der Waals surface area contributed by atoms with Crippen LogP contribution in [-0.4, -0.2) is 17.4 Å². The SMILES string of the molecule is O=C(c1cccc(OC(F)F)c1)c1cnc(C(F)(F)F)s1. The molecule has 0 saturated heterocycles. The minimum atomic E-state index is -4.64. The summed E-state index contributed by atoms with van der Waals surface area (Å²) in [5.41, 5.74) is -0.0643. The number of hydrogen-bond acceptors (Lipinski definition) is 4. The van der Waals surface area contributed by atoms with E-state index in [2.05, 4.69) is 9.72 Å². The van der Waals surface area contributed by atoms with Crippen molar-refractivity contribution in [2.75, 3.05) is 0 Å². The number of hydrogen-bond donors (Lipinski definition) is 0. The summed E-state index contributed by atoms with van der Waals surface area (Å²) in [5.74, 6) is -1.00. The van der Waals surface area contributed by atoms with Crippen LogP contribution in [0.15, 0.2) is 30.5 Å². The van der Waals surface area contributed by atoms with Gasteiger partial charge in [0.25, 0.3) is 0 Å². The van der Waals surface area contributed by atoms with Crippen molar-refractivity contribution in [2.45, 2.75) is 12.8 Å². The van der Waals surface area contributed by atoms with Crippen molar-refractivity contribution in [1.29, 1.82) is 0 Å². The molecule has 9 heteroatoms. The predicted molar refractivity (Wildman–Crippen MR) is 63.6 cm³/mol. The highest BCUT2D eigenvalue weighted by atomic mass is 32.1. The zero-order valence-electron chi connectivity index (χ0n) is 10.0. The molecule has 0 unspecified atom stereocenters. The fourth-order valence-corrected chi connectivity index (χ4v) is 2.21. The minimum absolute atomic E-state index is 0.0643. The summed E-state index contributed by atoms with van der Waals surface area (Å²) >= 11 is 0.188. The van der Waals surface area contributed by atoms with Crippen LogP contribution in [0.2, 0.25) is 0 Å². The Hall–Kier alpha value is -2.03. The molecule has 1 aromatic heterocycles. The van der Waals surface area contributed by atoms with Gasteiger partial charge < -0.3 is 4.74 Å². The summed E-state index contributed by atoms with van der Waals surface area (Å²) < 4.78 is 65.5. The topological polar surface area (TPSA) is 39.2 Å². The van der Waals surface area contributed by atoms with Crippen molar-refractivity contribution < 1.29 is 31.5 Å². The molecule has 1 aromatic carbocycles. The first kappa shape index (κ1) is 15.4. The Morgan fingerprint density at radius 3 is 2.57 bits per heavy atom. The molecule has 0 aliphatic rings. The molecule has 0 amide bonds. The number of thiazole rings is 1. The van der Waals surface area contributed by atoms with Crippen LogP contribution in [0.25, 0.3) is 0 Å². The zero-order chi connectivity index (χ0) is 15.6. The van der Waals surface area contributed by atoms with Crippen molar-refractivity contribution in [1.82, 2.24) is 4.98 Å². The summed E-state index contributed by atoms with van der Waals surface area (Å²) in [7, 11) is 0. The van der Waals surface area contributed by atoms with Gasteiger partial charge in [0.05, 0.1) is 4.88 Å². The summed E-state index contributed by atoms with van der Waals surface area (Å²) in [6.45, 7) is -3.06. The van der Waals surface area contributed by atoms with E-state index in [9.17, 15) is 26.7 Å².